The molecule has 0 saturated heterocycles. The van der Waals surface area contributed by atoms with Crippen molar-refractivity contribution in [1.29, 1.82) is 0 Å². The maximum Gasteiger partial charge on any atom is 0.165 e. The summed E-state index contributed by atoms with van der Waals surface area (Å²) in [5, 5.41) is 0. The molecule has 0 N–H and O–H groups in total. The summed E-state index contributed by atoms with van der Waals surface area (Å²) < 4.78 is 18.4. The Hall–Kier alpha value is -1.64. The largest absolute Gasteiger partial charge is 0.484 e. The number of ether oxygens (including phenoxy) is 1. The quantitative estimate of drug-likeness (QED) is 0.544. The van der Waals surface area contributed by atoms with Gasteiger partial charge in [0.15, 0.2) is 11.6 Å². The summed E-state index contributed by atoms with van der Waals surface area (Å²) in [6.45, 7) is 5.27. The molecule has 1 aromatic rings. The van der Waals surface area contributed by atoms with E-state index in [0.717, 1.165) is 6.07 Å². The van der Waals surface area contributed by atoms with Gasteiger partial charge in [-0.05, 0) is 25.1 Å². The van der Waals surface area contributed by atoms with Gasteiger partial charge in [-0.1, -0.05) is 12.7 Å². The van der Waals surface area contributed by atoms with Crippen LogP contribution in [0.25, 0.3) is 0 Å². The highest BCUT2D eigenvalue weighted by molar-refractivity contribution is 5.74. The van der Waals surface area contributed by atoms with E-state index in [-0.39, 0.29) is 11.9 Å². The first kappa shape index (κ1) is 10.4. The topological polar surface area (TPSA) is 26.3 Å². The number of aldehydes is 1. The molecule has 3 heteroatoms. The van der Waals surface area contributed by atoms with E-state index < -0.39 is 5.82 Å². The van der Waals surface area contributed by atoms with Crippen molar-refractivity contribution in [2.24, 2.45) is 0 Å². The van der Waals surface area contributed by atoms with Gasteiger partial charge < -0.3 is 4.74 Å². The predicted molar refractivity (Wildman–Crippen MR) is 52.1 cm³/mol. The number of carbonyl (C=O) groups excluding carboxylic acids is 1. The van der Waals surface area contributed by atoms with Crippen molar-refractivity contribution >= 4 is 6.29 Å². The van der Waals surface area contributed by atoms with Gasteiger partial charge in [-0.25, -0.2) is 4.39 Å². The highest BCUT2D eigenvalue weighted by atomic mass is 19.1. The van der Waals surface area contributed by atoms with Crippen LogP contribution in [0.2, 0.25) is 0 Å². The Morgan fingerprint density at radius 3 is 2.79 bits per heavy atom. The van der Waals surface area contributed by atoms with Crippen LogP contribution < -0.4 is 4.74 Å². The van der Waals surface area contributed by atoms with Crippen LogP contribution in [-0.4, -0.2) is 12.4 Å². The second-order valence-corrected chi connectivity index (χ2v) is 2.87. The first-order valence-electron chi connectivity index (χ1n) is 4.21. The maximum absolute atomic E-state index is 13.2. The van der Waals surface area contributed by atoms with Crippen LogP contribution in [0.1, 0.15) is 17.3 Å². The monoisotopic (exact) mass is 194 g/mol. The Morgan fingerprint density at radius 2 is 2.29 bits per heavy atom. The fourth-order valence-electron chi connectivity index (χ4n) is 0.934. The van der Waals surface area contributed by atoms with Gasteiger partial charge in [-0.15, -0.1) is 0 Å². The Balaban J connectivity index is 2.88. The maximum atomic E-state index is 13.2. The molecule has 0 fully saturated rings. The molecule has 0 spiro atoms. The van der Waals surface area contributed by atoms with Crippen LogP contribution >= 0.6 is 0 Å². The molecule has 1 aromatic carbocycles. The summed E-state index contributed by atoms with van der Waals surface area (Å²) in [4.78, 5) is 10.3. The Kier molecular flexibility index (Phi) is 3.40. The summed E-state index contributed by atoms with van der Waals surface area (Å²) in [6, 6.07) is 4.07. The van der Waals surface area contributed by atoms with Crippen molar-refractivity contribution < 1.29 is 13.9 Å². The average Bonchev–Trinajstić information content (AvgIpc) is 2.20. The summed E-state index contributed by atoms with van der Waals surface area (Å²) >= 11 is 0. The van der Waals surface area contributed by atoms with Crippen molar-refractivity contribution in [2.45, 2.75) is 13.0 Å². The molecule has 2 nitrogen and oxygen atoms in total. The lowest BCUT2D eigenvalue weighted by Gasteiger charge is -2.10. The van der Waals surface area contributed by atoms with Gasteiger partial charge in [0.2, 0.25) is 0 Å². The number of hydrogen-bond donors (Lipinski definition) is 0. The molecule has 0 aromatic heterocycles. The van der Waals surface area contributed by atoms with E-state index in [1.807, 2.05) is 0 Å². The third kappa shape index (κ3) is 2.42. The van der Waals surface area contributed by atoms with E-state index in [0.29, 0.717) is 11.8 Å². The van der Waals surface area contributed by atoms with Gasteiger partial charge in [-0.3, -0.25) is 4.79 Å². The zero-order chi connectivity index (χ0) is 10.6. The Labute approximate surface area is 82.0 Å². The van der Waals surface area contributed by atoms with Crippen LogP contribution in [0.3, 0.4) is 0 Å². The molecule has 0 saturated carbocycles. The smallest absolute Gasteiger partial charge is 0.165 e. The predicted octanol–water partition coefficient (Wildman–Crippen LogP) is 2.59. The second kappa shape index (κ2) is 4.56. The molecular formula is C11H11FO2. The minimum Gasteiger partial charge on any atom is -0.484 e. The summed E-state index contributed by atoms with van der Waals surface area (Å²) in [6.07, 6.45) is 1.89. The molecule has 0 radical (unpaired) electrons. The van der Waals surface area contributed by atoms with E-state index in [1.165, 1.54) is 12.1 Å². The highest BCUT2D eigenvalue weighted by Crippen LogP contribution is 2.18. The number of benzene rings is 1. The van der Waals surface area contributed by atoms with Gasteiger partial charge in [0, 0.05) is 5.56 Å². The first-order chi connectivity index (χ1) is 6.67. The van der Waals surface area contributed by atoms with Crippen LogP contribution in [0, 0.1) is 5.82 Å². The van der Waals surface area contributed by atoms with Gasteiger partial charge >= 0.3 is 0 Å². The van der Waals surface area contributed by atoms with Crippen molar-refractivity contribution in [2.75, 3.05) is 0 Å². The lowest BCUT2D eigenvalue weighted by Crippen LogP contribution is -2.08. The van der Waals surface area contributed by atoms with Gasteiger partial charge in [0.25, 0.3) is 0 Å². The van der Waals surface area contributed by atoms with E-state index in [9.17, 15) is 9.18 Å². The molecular weight excluding hydrogens is 183 g/mol. The Morgan fingerprint density at radius 1 is 1.57 bits per heavy atom. The number of hydrogen-bond acceptors (Lipinski definition) is 2. The fraction of sp³-hybridized carbons (Fsp3) is 0.182. The van der Waals surface area contributed by atoms with E-state index >= 15 is 0 Å². The molecule has 74 valence electrons. The SMILES string of the molecule is C=CC(C)Oc1ccc(C=O)cc1F. The minimum absolute atomic E-state index is 0.128. The minimum atomic E-state index is -0.539. The highest BCUT2D eigenvalue weighted by Gasteiger charge is 2.06. The summed E-state index contributed by atoms with van der Waals surface area (Å²) in [5.74, 6) is -0.411. The summed E-state index contributed by atoms with van der Waals surface area (Å²) in [7, 11) is 0. The zero-order valence-corrected chi connectivity index (χ0v) is 7.87. The van der Waals surface area contributed by atoms with Crippen LogP contribution in [0.15, 0.2) is 30.9 Å². The number of rotatable bonds is 4. The lowest BCUT2D eigenvalue weighted by atomic mass is 10.2. The van der Waals surface area contributed by atoms with Crippen molar-refractivity contribution in [1.82, 2.24) is 0 Å². The van der Waals surface area contributed by atoms with Crippen molar-refractivity contribution in [3.63, 3.8) is 0 Å². The number of halogens is 1. The lowest BCUT2D eigenvalue weighted by molar-refractivity contribution is 0.112. The molecule has 1 atom stereocenters. The number of carbonyl (C=O) groups is 1. The molecule has 0 aliphatic carbocycles. The Bertz CT molecular complexity index is 347. The van der Waals surface area contributed by atoms with Gasteiger partial charge in [-0.2, -0.15) is 0 Å². The second-order valence-electron chi connectivity index (χ2n) is 2.87. The molecule has 0 heterocycles. The van der Waals surface area contributed by atoms with Crippen LogP contribution in [0.5, 0.6) is 5.75 Å². The van der Waals surface area contributed by atoms with Crippen LogP contribution in [0.4, 0.5) is 4.39 Å². The summed E-state index contributed by atoms with van der Waals surface area (Å²) in [5.41, 5.74) is 0.293. The normalized spacial score (nSPS) is 11.9. The fourth-order valence-corrected chi connectivity index (χ4v) is 0.934. The van der Waals surface area contributed by atoms with Gasteiger partial charge in [0.05, 0.1) is 0 Å². The van der Waals surface area contributed by atoms with E-state index in [4.69, 9.17) is 4.74 Å². The van der Waals surface area contributed by atoms with Crippen LogP contribution in [-0.2, 0) is 0 Å². The third-order valence-electron chi connectivity index (χ3n) is 1.74. The standard InChI is InChI=1S/C11H11FO2/c1-3-8(2)14-11-5-4-9(7-13)6-10(11)12/h3-8H,1H2,2H3. The van der Waals surface area contributed by atoms with Gasteiger partial charge in [0.1, 0.15) is 12.4 Å². The average molecular weight is 194 g/mol. The molecule has 1 unspecified atom stereocenters. The van der Waals surface area contributed by atoms with Crippen molar-refractivity contribution in [3.8, 4) is 5.75 Å². The molecule has 0 amide bonds. The van der Waals surface area contributed by atoms with E-state index in [2.05, 4.69) is 6.58 Å². The van der Waals surface area contributed by atoms with Crippen molar-refractivity contribution in [3.05, 3.63) is 42.2 Å². The molecule has 14 heavy (non-hydrogen) atoms. The first-order valence-corrected chi connectivity index (χ1v) is 4.21. The van der Waals surface area contributed by atoms with E-state index in [1.54, 1.807) is 13.0 Å². The molecule has 0 bridgehead atoms. The molecule has 0 aliphatic rings. The zero-order valence-electron chi connectivity index (χ0n) is 7.87. The third-order valence-corrected chi connectivity index (χ3v) is 1.74. The molecule has 0 aliphatic heterocycles. The molecule has 1 rings (SSSR count).